The molecule has 0 aliphatic carbocycles. The normalized spacial score (nSPS) is 21.6. The number of hydrogen-bond acceptors (Lipinski definition) is 3. The van der Waals surface area contributed by atoms with Gasteiger partial charge in [-0.3, -0.25) is 0 Å². The lowest BCUT2D eigenvalue weighted by Crippen LogP contribution is -2.29. The largest absolute Gasteiger partial charge is 0.355 e. The summed E-state index contributed by atoms with van der Waals surface area (Å²) in [5, 5.41) is 3.31. The van der Waals surface area contributed by atoms with Crippen LogP contribution in [0, 0.1) is 6.92 Å². The Balaban J connectivity index is 2.09. The van der Waals surface area contributed by atoms with Gasteiger partial charge < -0.3 is 10.2 Å². The first-order valence-corrected chi connectivity index (χ1v) is 5.14. The standard InChI is InChI=1S/C11H17N3/c1-9-3-5-13-11(7-9)14-6-4-10(8-14)12-2/h3,5,7,10,12H,4,6,8H2,1-2H3. The van der Waals surface area contributed by atoms with Gasteiger partial charge in [-0.15, -0.1) is 0 Å². The second kappa shape index (κ2) is 3.96. The lowest BCUT2D eigenvalue weighted by molar-refractivity contribution is 0.616. The summed E-state index contributed by atoms with van der Waals surface area (Å²) in [6, 6.07) is 4.81. The highest BCUT2D eigenvalue weighted by atomic mass is 15.2. The lowest BCUT2D eigenvalue weighted by Gasteiger charge is -2.17. The first-order valence-electron chi connectivity index (χ1n) is 5.14. The summed E-state index contributed by atoms with van der Waals surface area (Å²) < 4.78 is 0. The number of rotatable bonds is 2. The van der Waals surface area contributed by atoms with Crippen LogP contribution in [0.5, 0.6) is 0 Å². The van der Waals surface area contributed by atoms with Crippen molar-refractivity contribution in [3.8, 4) is 0 Å². The molecule has 2 rings (SSSR count). The number of aryl methyl sites for hydroxylation is 1. The van der Waals surface area contributed by atoms with Crippen LogP contribution in [-0.2, 0) is 0 Å². The van der Waals surface area contributed by atoms with Crippen molar-refractivity contribution in [2.24, 2.45) is 0 Å². The van der Waals surface area contributed by atoms with Crippen LogP contribution in [0.15, 0.2) is 18.3 Å². The Bertz CT molecular complexity index is 311. The number of aromatic nitrogens is 1. The Morgan fingerprint density at radius 3 is 3.07 bits per heavy atom. The highest BCUT2D eigenvalue weighted by Gasteiger charge is 2.21. The van der Waals surface area contributed by atoms with Crippen molar-refractivity contribution in [3.63, 3.8) is 0 Å². The fourth-order valence-electron chi connectivity index (χ4n) is 1.90. The minimum atomic E-state index is 0.623. The number of hydrogen-bond donors (Lipinski definition) is 1. The zero-order chi connectivity index (χ0) is 9.97. The second-order valence-corrected chi connectivity index (χ2v) is 3.91. The van der Waals surface area contributed by atoms with Crippen LogP contribution in [0.4, 0.5) is 5.82 Å². The van der Waals surface area contributed by atoms with E-state index in [4.69, 9.17) is 0 Å². The van der Waals surface area contributed by atoms with Gasteiger partial charge in [0.15, 0.2) is 0 Å². The fourth-order valence-corrected chi connectivity index (χ4v) is 1.90. The monoisotopic (exact) mass is 191 g/mol. The van der Waals surface area contributed by atoms with Gasteiger partial charge in [0.1, 0.15) is 5.82 Å². The lowest BCUT2D eigenvalue weighted by atomic mass is 10.3. The topological polar surface area (TPSA) is 28.2 Å². The molecule has 0 radical (unpaired) electrons. The molecule has 1 aliphatic heterocycles. The van der Waals surface area contributed by atoms with Gasteiger partial charge in [-0.1, -0.05) is 0 Å². The van der Waals surface area contributed by atoms with Crippen molar-refractivity contribution in [2.75, 3.05) is 25.0 Å². The molecule has 1 unspecified atom stereocenters. The maximum atomic E-state index is 4.39. The molecule has 0 amide bonds. The molecule has 1 fully saturated rings. The molecule has 0 saturated carbocycles. The highest BCUT2D eigenvalue weighted by Crippen LogP contribution is 2.18. The average molecular weight is 191 g/mol. The van der Waals surface area contributed by atoms with Gasteiger partial charge in [0, 0.05) is 25.3 Å². The Morgan fingerprint density at radius 2 is 2.43 bits per heavy atom. The number of nitrogens with zero attached hydrogens (tertiary/aromatic N) is 2. The minimum Gasteiger partial charge on any atom is -0.355 e. The van der Waals surface area contributed by atoms with Crippen molar-refractivity contribution < 1.29 is 0 Å². The van der Waals surface area contributed by atoms with Gasteiger partial charge >= 0.3 is 0 Å². The van der Waals surface area contributed by atoms with Crippen LogP contribution in [0.1, 0.15) is 12.0 Å². The van der Waals surface area contributed by atoms with Gasteiger partial charge in [-0.25, -0.2) is 4.98 Å². The molecule has 1 aromatic heterocycles. The SMILES string of the molecule is CNC1CCN(c2cc(C)ccn2)C1. The van der Waals surface area contributed by atoms with E-state index in [0.29, 0.717) is 6.04 Å². The molecule has 1 saturated heterocycles. The molecule has 0 spiro atoms. The molecule has 1 N–H and O–H groups in total. The Morgan fingerprint density at radius 1 is 1.57 bits per heavy atom. The molecular formula is C11H17N3. The van der Waals surface area contributed by atoms with Crippen molar-refractivity contribution in [1.29, 1.82) is 0 Å². The third-order valence-electron chi connectivity index (χ3n) is 2.82. The molecule has 1 aliphatic rings. The van der Waals surface area contributed by atoms with Crippen LogP contribution in [0.2, 0.25) is 0 Å². The van der Waals surface area contributed by atoms with Crippen LogP contribution in [-0.4, -0.2) is 31.2 Å². The van der Waals surface area contributed by atoms with E-state index >= 15 is 0 Å². The van der Waals surface area contributed by atoms with Gasteiger partial charge in [0.2, 0.25) is 0 Å². The van der Waals surface area contributed by atoms with Crippen molar-refractivity contribution in [3.05, 3.63) is 23.9 Å². The van der Waals surface area contributed by atoms with Crippen molar-refractivity contribution >= 4 is 5.82 Å². The summed E-state index contributed by atoms with van der Waals surface area (Å²) in [5.74, 6) is 1.11. The van der Waals surface area contributed by atoms with E-state index in [1.54, 1.807) is 0 Å². The molecule has 1 aromatic rings. The third-order valence-corrected chi connectivity index (χ3v) is 2.82. The zero-order valence-electron chi connectivity index (χ0n) is 8.83. The van der Waals surface area contributed by atoms with Gasteiger partial charge in [-0.2, -0.15) is 0 Å². The maximum absolute atomic E-state index is 4.39. The number of pyridine rings is 1. The molecule has 3 nitrogen and oxygen atoms in total. The molecular weight excluding hydrogens is 174 g/mol. The number of nitrogens with one attached hydrogen (secondary N) is 1. The first-order chi connectivity index (χ1) is 6.79. The van der Waals surface area contributed by atoms with E-state index in [9.17, 15) is 0 Å². The summed E-state index contributed by atoms with van der Waals surface area (Å²) >= 11 is 0. The molecule has 2 heterocycles. The van der Waals surface area contributed by atoms with Crippen LogP contribution in [0.3, 0.4) is 0 Å². The average Bonchev–Trinajstić information content (AvgIpc) is 2.66. The van der Waals surface area contributed by atoms with E-state index in [1.165, 1.54) is 12.0 Å². The Labute approximate surface area is 85.1 Å². The van der Waals surface area contributed by atoms with Crippen molar-refractivity contribution in [1.82, 2.24) is 10.3 Å². The summed E-state index contributed by atoms with van der Waals surface area (Å²) in [5.41, 5.74) is 1.28. The van der Waals surface area contributed by atoms with E-state index in [2.05, 4.69) is 28.2 Å². The maximum Gasteiger partial charge on any atom is 0.128 e. The Kier molecular flexibility index (Phi) is 2.68. The number of likely N-dealkylation sites (N-methyl/N-ethyl adjacent to an activating group) is 1. The zero-order valence-corrected chi connectivity index (χ0v) is 8.83. The molecule has 76 valence electrons. The quantitative estimate of drug-likeness (QED) is 0.761. The summed E-state index contributed by atoms with van der Waals surface area (Å²) in [6.07, 6.45) is 3.10. The minimum absolute atomic E-state index is 0.623. The summed E-state index contributed by atoms with van der Waals surface area (Å²) in [6.45, 7) is 4.30. The summed E-state index contributed by atoms with van der Waals surface area (Å²) in [7, 11) is 2.03. The van der Waals surface area contributed by atoms with Crippen molar-refractivity contribution in [2.45, 2.75) is 19.4 Å². The third kappa shape index (κ3) is 1.87. The van der Waals surface area contributed by atoms with Crippen LogP contribution >= 0.6 is 0 Å². The predicted molar refractivity (Wildman–Crippen MR) is 58.7 cm³/mol. The van der Waals surface area contributed by atoms with Crippen LogP contribution < -0.4 is 10.2 Å². The molecule has 3 heteroatoms. The van der Waals surface area contributed by atoms with E-state index < -0.39 is 0 Å². The van der Waals surface area contributed by atoms with Gasteiger partial charge in [0.25, 0.3) is 0 Å². The highest BCUT2D eigenvalue weighted by molar-refractivity contribution is 5.42. The smallest absolute Gasteiger partial charge is 0.128 e. The van der Waals surface area contributed by atoms with Gasteiger partial charge in [0.05, 0.1) is 0 Å². The molecule has 1 atom stereocenters. The first kappa shape index (κ1) is 9.46. The predicted octanol–water partition coefficient (Wildman–Crippen LogP) is 1.19. The molecule has 0 aromatic carbocycles. The van der Waals surface area contributed by atoms with E-state index in [1.807, 2.05) is 19.3 Å². The number of anilines is 1. The van der Waals surface area contributed by atoms with Crippen LogP contribution in [0.25, 0.3) is 0 Å². The van der Waals surface area contributed by atoms with Gasteiger partial charge in [-0.05, 0) is 38.1 Å². The van der Waals surface area contributed by atoms with E-state index in [-0.39, 0.29) is 0 Å². The van der Waals surface area contributed by atoms with E-state index in [0.717, 1.165) is 18.9 Å². The Hall–Kier alpha value is -1.09. The fraction of sp³-hybridized carbons (Fsp3) is 0.545. The molecule has 14 heavy (non-hydrogen) atoms. The summed E-state index contributed by atoms with van der Waals surface area (Å²) in [4.78, 5) is 6.73. The molecule has 0 bridgehead atoms. The second-order valence-electron chi connectivity index (χ2n) is 3.91.